The monoisotopic (exact) mass is 226 g/mol. The Bertz CT molecular complexity index is 515. The number of nitrogens with zero attached hydrogens (tertiary/aromatic N) is 3. The number of anilines is 1. The Labute approximate surface area is 91.7 Å². The van der Waals surface area contributed by atoms with E-state index in [2.05, 4.69) is 10.5 Å². The summed E-state index contributed by atoms with van der Waals surface area (Å²) in [6, 6.07) is 0. The molecule has 0 saturated heterocycles. The molecule has 0 aliphatic rings. The Kier molecular flexibility index (Phi) is 3.60. The molecule has 16 heavy (non-hydrogen) atoms. The molecular formula is C9H14N4O3. The lowest BCUT2D eigenvalue weighted by molar-refractivity contribution is 0.689. The Morgan fingerprint density at radius 3 is 2.38 bits per heavy atom. The lowest BCUT2D eigenvalue weighted by Crippen LogP contribution is -2.38. The summed E-state index contributed by atoms with van der Waals surface area (Å²) in [5.74, 6) is 0.171. The summed E-state index contributed by atoms with van der Waals surface area (Å²) in [5.41, 5.74) is -1.44. The van der Waals surface area contributed by atoms with Crippen molar-refractivity contribution in [2.45, 2.75) is 13.3 Å². The molecule has 0 aliphatic heterocycles. The van der Waals surface area contributed by atoms with Gasteiger partial charge in [-0.3, -0.25) is 13.9 Å². The second-order valence-electron chi connectivity index (χ2n) is 3.42. The van der Waals surface area contributed by atoms with Gasteiger partial charge in [-0.05, 0) is 11.6 Å². The standard InChI is InChI=1S/C9H14N4O3/c1-4-5-10-7-6(11-16)8(14)13(3)9(15)12(7)2/h10H,4-5H2,1-3H3. The molecule has 0 radical (unpaired) electrons. The van der Waals surface area contributed by atoms with Crippen LogP contribution in [0.15, 0.2) is 14.8 Å². The fourth-order valence-corrected chi connectivity index (χ4v) is 1.35. The molecule has 0 spiro atoms. The van der Waals surface area contributed by atoms with E-state index in [1.54, 1.807) is 0 Å². The Morgan fingerprint density at radius 2 is 1.88 bits per heavy atom. The van der Waals surface area contributed by atoms with Crippen LogP contribution in [-0.4, -0.2) is 15.7 Å². The maximum Gasteiger partial charge on any atom is 0.332 e. The summed E-state index contributed by atoms with van der Waals surface area (Å²) >= 11 is 0. The van der Waals surface area contributed by atoms with Crippen LogP contribution in [0.4, 0.5) is 11.5 Å². The first kappa shape index (κ1) is 12.2. The summed E-state index contributed by atoms with van der Waals surface area (Å²) in [6.45, 7) is 2.49. The van der Waals surface area contributed by atoms with Gasteiger partial charge in [0.1, 0.15) is 5.82 Å². The van der Waals surface area contributed by atoms with Crippen molar-refractivity contribution >= 4 is 11.5 Å². The molecule has 0 atom stereocenters. The molecule has 1 aromatic rings. The van der Waals surface area contributed by atoms with Gasteiger partial charge in [-0.1, -0.05) is 6.92 Å². The van der Waals surface area contributed by atoms with Crippen molar-refractivity contribution in [3.8, 4) is 0 Å². The molecule has 1 rings (SSSR count). The SMILES string of the molecule is CCCNc1c(N=O)c(=O)n(C)c(=O)n1C. The second kappa shape index (κ2) is 4.73. The van der Waals surface area contributed by atoms with E-state index in [9.17, 15) is 14.5 Å². The van der Waals surface area contributed by atoms with Crippen LogP contribution in [-0.2, 0) is 14.1 Å². The highest BCUT2D eigenvalue weighted by Gasteiger charge is 2.15. The van der Waals surface area contributed by atoms with Crippen molar-refractivity contribution in [3.63, 3.8) is 0 Å². The zero-order chi connectivity index (χ0) is 12.3. The van der Waals surface area contributed by atoms with Crippen molar-refractivity contribution in [1.82, 2.24) is 9.13 Å². The van der Waals surface area contributed by atoms with Crippen LogP contribution in [0.3, 0.4) is 0 Å². The molecule has 0 saturated carbocycles. The van der Waals surface area contributed by atoms with Gasteiger partial charge in [0.15, 0.2) is 0 Å². The van der Waals surface area contributed by atoms with Gasteiger partial charge in [0.25, 0.3) is 5.56 Å². The van der Waals surface area contributed by atoms with E-state index in [0.717, 1.165) is 11.0 Å². The fraction of sp³-hybridized carbons (Fsp3) is 0.556. The minimum atomic E-state index is -0.684. The summed E-state index contributed by atoms with van der Waals surface area (Å²) in [4.78, 5) is 33.8. The molecule has 0 aromatic carbocycles. The van der Waals surface area contributed by atoms with Crippen LogP contribution in [0.5, 0.6) is 0 Å². The molecular weight excluding hydrogens is 212 g/mol. The average Bonchev–Trinajstić information content (AvgIpc) is 2.29. The minimum Gasteiger partial charge on any atom is -0.369 e. The third kappa shape index (κ3) is 1.88. The van der Waals surface area contributed by atoms with Crippen LogP contribution < -0.4 is 16.6 Å². The number of nitrogens with one attached hydrogen (secondary N) is 1. The van der Waals surface area contributed by atoms with Crippen molar-refractivity contribution in [2.75, 3.05) is 11.9 Å². The van der Waals surface area contributed by atoms with Crippen molar-refractivity contribution in [3.05, 3.63) is 25.7 Å². The van der Waals surface area contributed by atoms with E-state index in [-0.39, 0.29) is 11.5 Å². The molecule has 1 N–H and O–H groups in total. The molecule has 0 unspecified atom stereocenters. The zero-order valence-corrected chi connectivity index (χ0v) is 9.48. The predicted molar refractivity (Wildman–Crippen MR) is 61.2 cm³/mol. The third-order valence-corrected chi connectivity index (χ3v) is 2.27. The number of nitroso groups, excluding NO2 is 1. The molecule has 0 aliphatic carbocycles. The molecule has 0 amide bonds. The van der Waals surface area contributed by atoms with Gasteiger partial charge in [-0.15, -0.1) is 4.91 Å². The molecule has 0 fully saturated rings. The summed E-state index contributed by atoms with van der Waals surface area (Å²) in [5, 5.41) is 5.53. The van der Waals surface area contributed by atoms with Gasteiger partial charge < -0.3 is 5.32 Å². The topological polar surface area (TPSA) is 85.5 Å². The van der Waals surface area contributed by atoms with E-state index < -0.39 is 11.2 Å². The van der Waals surface area contributed by atoms with E-state index in [4.69, 9.17) is 0 Å². The van der Waals surface area contributed by atoms with Crippen LogP contribution in [0.2, 0.25) is 0 Å². The lowest BCUT2D eigenvalue weighted by atomic mass is 10.4. The predicted octanol–water partition coefficient (Wildman–Crippen LogP) is 0.304. The molecule has 0 bridgehead atoms. The van der Waals surface area contributed by atoms with Crippen LogP contribution in [0.25, 0.3) is 0 Å². The quantitative estimate of drug-likeness (QED) is 0.748. The first-order chi connectivity index (χ1) is 7.54. The summed E-state index contributed by atoms with van der Waals surface area (Å²) < 4.78 is 2.06. The molecule has 1 aromatic heterocycles. The maximum absolute atomic E-state index is 11.6. The number of rotatable bonds is 4. The van der Waals surface area contributed by atoms with E-state index in [1.807, 2.05) is 6.92 Å². The highest BCUT2D eigenvalue weighted by Crippen LogP contribution is 2.16. The smallest absolute Gasteiger partial charge is 0.332 e. The number of hydrogen-bond donors (Lipinski definition) is 1. The number of aromatic nitrogens is 2. The maximum atomic E-state index is 11.6. The van der Waals surface area contributed by atoms with Crippen LogP contribution in [0, 0.1) is 4.91 Å². The van der Waals surface area contributed by atoms with Crippen LogP contribution in [0.1, 0.15) is 13.3 Å². The summed E-state index contributed by atoms with van der Waals surface area (Å²) in [7, 11) is 2.79. The van der Waals surface area contributed by atoms with E-state index >= 15 is 0 Å². The Balaban J connectivity index is 3.51. The van der Waals surface area contributed by atoms with Gasteiger partial charge in [-0.25, -0.2) is 4.79 Å². The number of hydrogen-bond acceptors (Lipinski definition) is 5. The van der Waals surface area contributed by atoms with Gasteiger partial charge in [-0.2, -0.15) is 0 Å². The van der Waals surface area contributed by atoms with Gasteiger partial charge in [0.2, 0.25) is 5.69 Å². The highest BCUT2D eigenvalue weighted by molar-refractivity contribution is 5.59. The van der Waals surface area contributed by atoms with E-state index in [0.29, 0.717) is 6.54 Å². The van der Waals surface area contributed by atoms with Gasteiger partial charge in [0.05, 0.1) is 0 Å². The minimum absolute atomic E-state index is 0.171. The van der Waals surface area contributed by atoms with Gasteiger partial charge in [0, 0.05) is 20.6 Å². The average molecular weight is 226 g/mol. The zero-order valence-electron chi connectivity index (χ0n) is 9.48. The normalized spacial score (nSPS) is 10.2. The lowest BCUT2D eigenvalue weighted by Gasteiger charge is -2.12. The van der Waals surface area contributed by atoms with Crippen molar-refractivity contribution in [2.24, 2.45) is 19.3 Å². The summed E-state index contributed by atoms with van der Waals surface area (Å²) in [6.07, 6.45) is 0.807. The largest absolute Gasteiger partial charge is 0.369 e. The third-order valence-electron chi connectivity index (χ3n) is 2.27. The Morgan fingerprint density at radius 1 is 1.25 bits per heavy atom. The van der Waals surface area contributed by atoms with Crippen LogP contribution >= 0.6 is 0 Å². The first-order valence-corrected chi connectivity index (χ1v) is 4.91. The van der Waals surface area contributed by atoms with E-state index in [1.165, 1.54) is 18.7 Å². The molecule has 7 nitrogen and oxygen atoms in total. The first-order valence-electron chi connectivity index (χ1n) is 4.91. The van der Waals surface area contributed by atoms with Crippen molar-refractivity contribution < 1.29 is 0 Å². The van der Waals surface area contributed by atoms with Gasteiger partial charge >= 0.3 is 5.69 Å². The Hall–Kier alpha value is -1.92. The van der Waals surface area contributed by atoms with Crippen molar-refractivity contribution in [1.29, 1.82) is 0 Å². The molecule has 1 heterocycles. The molecule has 88 valence electrons. The fourth-order valence-electron chi connectivity index (χ4n) is 1.35. The molecule has 7 heteroatoms. The highest BCUT2D eigenvalue weighted by atomic mass is 16.3. The second-order valence-corrected chi connectivity index (χ2v) is 3.42.